The summed E-state index contributed by atoms with van der Waals surface area (Å²) < 4.78 is 0. The fourth-order valence-electron chi connectivity index (χ4n) is 3.44. The molecule has 1 spiro atoms. The Morgan fingerprint density at radius 2 is 1.62 bits per heavy atom. The topological polar surface area (TPSA) is 26.0 Å². The van der Waals surface area contributed by atoms with Crippen molar-refractivity contribution in [3.8, 4) is 0 Å². The molecule has 0 aliphatic heterocycles. The van der Waals surface area contributed by atoms with Crippen molar-refractivity contribution in [1.82, 2.24) is 0 Å². The van der Waals surface area contributed by atoms with Crippen molar-refractivity contribution >= 4 is 0 Å². The predicted octanol–water partition coefficient (Wildman–Crippen LogP) is 3.09. The minimum absolute atomic E-state index is 0.811. The second kappa shape index (κ2) is 4.00. The summed E-state index contributed by atoms with van der Waals surface area (Å²) in [5.41, 5.74) is 6.41. The Bertz CT molecular complexity index is 149. The Kier molecular flexibility index (Phi) is 2.92. The van der Waals surface area contributed by atoms with Gasteiger partial charge in [0.05, 0.1) is 0 Å². The summed E-state index contributed by atoms with van der Waals surface area (Å²) in [6.45, 7) is 0.900. The molecular weight excluding hydrogens is 158 g/mol. The molecule has 2 aliphatic carbocycles. The van der Waals surface area contributed by atoms with Gasteiger partial charge in [0.25, 0.3) is 0 Å². The molecule has 2 rings (SSSR count). The van der Waals surface area contributed by atoms with E-state index >= 15 is 0 Å². The molecule has 1 nitrogen and oxygen atoms in total. The van der Waals surface area contributed by atoms with E-state index in [0.717, 1.165) is 17.9 Å². The SMILES string of the molecule is NCCC1CCC2(CCCC2)CC1. The van der Waals surface area contributed by atoms with Gasteiger partial charge in [0.1, 0.15) is 0 Å². The third-order valence-electron chi connectivity index (χ3n) is 4.40. The maximum absolute atomic E-state index is 5.60. The van der Waals surface area contributed by atoms with E-state index < -0.39 is 0 Å². The largest absolute Gasteiger partial charge is 0.330 e. The summed E-state index contributed by atoms with van der Waals surface area (Å²) in [6, 6.07) is 0. The fraction of sp³-hybridized carbons (Fsp3) is 1.00. The molecule has 0 heterocycles. The smallest absolute Gasteiger partial charge is 0.00746 e. The van der Waals surface area contributed by atoms with E-state index in [2.05, 4.69) is 0 Å². The number of hydrogen-bond donors (Lipinski definition) is 1. The minimum atomic E-state index is 0.811. The molecule has 2 aliphatic rings. The molecule has 0 bridgehead atoms. The van der Waals surface area contributed by atoms with Crippen molar-refractivity contribution < 1.29 is 0 Å². The van der Waals surface area contributed by atoms with Gasteiger partial charge in [-0.1, -0.05) is 12.8 Å². The van der Waals surface area contributed by atoms with Crippen molar-refractivity contribution in [2.75, 3.05) is 6.54 Å². The Morgan fingerprint density at radius 3 is 2.15 bits per heavy atom. The lowest BCUT2D eigenvalue weighted by Crippen LogP contribution is -2.25. The first kappa shape index (κ1) is 9.51. The second-order valence-corrected chi connectivity index (χ2v) is 5.23. The molecule has 0 aromatic rings. The quantitative estimate of drug-likeness (QED) is 0.696. The minimum Gasteiger partial charge on any atom is -0.330 e. The van der Waals surface area contributed by atoms with Gasteiger partial charge in [0.15, 0.2) is 0 Å². The van der Waals surface area contributed by atoms with Crippen LogP contribution in [-0.4, -0.2) is 6.54 Å². The third-order valence-corrected chi connectivity index (χ3v) is 4.40. The first-order chi connectivity index (χ1) is 6.35. The molecule has 0 amide bonds. The van der Waals surface area contributed by atoms with Gasteiger partial charge >= 0.3 is 0 Å². The molecule has 2 N–H and O–H groups in total. The predicted molar refractivity (Wildman–Crippen MR) is 56.5 cm³/mol. The van der Waals surface area contributed by atoms with Crippen LogP contribution in [0.1, 0.15) is 57.8 Å². The highest BCUT2D eigenvalue weighted by atomic mass is 14.5. The third kappa shape index (κ3) is 2.07. The van der Waals surface area contributed by atoms with Crippen LogP contribution < -0.4 is 5.73 Å². The lowest BCUT2D eigenvalue weighted by atomic mass is 9.69. The van der Waals surface area contributed by atoms with Crippen LogP contribution in [-0.2, 0) is 0 Å². The van der Waals surface area contributed by atoms with Gasteiger partial charge in [-0.05, 0) is 62.8 Å². The van der Waals surface area contributed by atoms with Gasteiger partial charge in [0, 0.05) is 0 Å². The van der Waals surface area contributed by atoms with Crippen molar-refractivity contribution in [1.29, 1.82) is 0 Å². The molecule has 1 heteroatoms. The molecule has 13 heavy (non-hydrogen) atoms. The van der Waals surface area contributed by atoms with E-state index in [9.17, 15) is 0 Å². The van der Waals surface area contributed by atoms with Crippen LogP contribution in [0.2, 0.25) is 0 Å². The lowest BCUT2D eigenvalue weighted by molar-refractivity contribution is 0.151. The highest BCUT2D eigenvalue weighted by Gasteiger charge is 2.36. The summed E-state index contributed by atoms with van der Waals surface area (Å²) in [7, 11) is 0. The average Bonchev–Trinajstić information content (AvgIpc) is 2.59. The first-order valence-electron chi connectivity index (χ1n) is 6.05. The molecule has 0 atom stereocenters. The van der Waals surface area contributed by atoms with Crippen molar-refractivity contribution in [3.05, 3.63) is 0 Å². The summed E-state index contributed by atoms with van der Waals surface area (Å²) >= 11 is 0. The standard InChI is InChI=1S/C12H23N/c13-10-5-11-3-8-12(9-4-11)6-1-2-7-12/h11H,1-10,13H2. The van der Waals surface area contributed by atoms with Crippen molar-refractivity contribution in [3.63, 3.8) is 0 Å². The number of nitrogens with two attached hydrogens (primary N) is 1. The summed E-state index contributed by atoms with van der Waals surface area (Å²) in [6.07, 6.45) is 13.3. The zero-order valence-corrected chi connectivity index (χ0v) is 8.73. The lowest BCUT2D eigenvalue weighted by Gasteiger charge is -2.37. The molecule has 0 aromatic carbocycles. The summed E-state index contributed by atoms with van der Waals surface area (Å²) in [4.78, 5) is 0. The molecule has 0 radical (unpaired) electrons. The maximum Gasteiger partial charge on any atom is -0.00746 e. The Morgan fingerprint density at radius 1 is 1.00 bits per heavy atom. The monoisotopic (exact) mass is 181 g/mol. The summed E-state index contributed by atoms with van der Waals surface area (Å²) in [5, 5.41) is 0. The van der Waals surface area contributed by atoms with Crippen molar-refractivity contribution in [2.24, 2.45) is 17.1 Å². The fourth-order valence-corrected chi connectivity index (χ4v) is 3.44. The molecule has 76 valence electrons. The van der Waals surface area contributed by atoms with E-state index in [1.54, 1.807) is 0 Å². The first-order valence-corrected chi connectivity index (χ1v) is 6.05. The second-order valence-electron chi connectivity index (χ2n) is 5.23. The molecule has 0 unspecified atom stereocenters. The number of hydrogen-bond acceptors (Lipinski definition) is 1. The summed E-state index contributed by atoms with van der Waals surface area (Å²) in [5.74, 6) is 0.969. The van der Waals surface area contributed by atoms with Crippen LogP contribution in [0.4, 0.5) is 0 Å². The zero-order chi connectivity index (χ0) is 9.15. The van der Waals surface area contributed by atoms with E-state index in [1.807, 2.05) is 0 Å². The molecular formula is C12H23N. The maximum atomic E-state index is 5.60. The van der Waals surface area contributed by atoms with Gasteiger partial charge in [-0.3, -0.25) is 0 Å². The number of rotatable bonds is 2. The van der Waals surface area contributed by atoms with E-state index in [-0.39, 0.29) is 0 Å². The van der Waals surface area contributed by atoms with Gasteiger partial charge in [-0.15, -0.1) is 0 Å². The molecule has 2 fully saturated rings. The highest BCUT2D eigenvalue weighted by molar-refractivity contribution is 4.89. The van der Waals surface area contributed by atoms with Gasteiger partial charge in [-0.25, -0.2) is 0 Å². The molecule has 0 saturated heterocycles. The van der Waals surface area contributed by atoms with E-state index in [0.29, 0.717) is 0 Å². The van der Waals surface area contributed by atoms with Gasteiger partial charge in [-0.2, -0.15) is 0 Å². The van der Waals surface area contributed by atoms with Crippen LogP contribution in [0.5, 0.6) is 0 Å². The molecule has 2 saturated carbocycles. The van der Waals surface area contributed by atoms with Crippen LogP contribution in [0.15, 0.2) is 0 Å². The average molecular weight is 181 g/mol. The zero-order valence-electron chi connectivity index (χ0n) is 8.73. The van der Waals surface area contributed by atoms with Crippen molar-refractivity contribution in [2.45, 2.75) is 57.8 Å². The van der Waals surface area contributed by atoms with Gasteiger partial charge in [0.2, 0.25) is 0 Å². The Hall–Kier alpha value is -0.0400. The normalized spacial score (nSPS) is 28.4. The Labute approximate surface area is 82.1 Å². The highest BCUT2D eigenvalue weighted by Crippen LogP contribution is 2.50. The Balaban J connectivity index is 1.81. The van der Waals surface area contributed by atoms with Crippen LogP contribution in [0.25, 0.3) is 0 Å². The van der Waals surface area contributed by atoms with Gasteiger partial charge < -0.3 is 5.73 Å². The molecule has 0 aromatic heterocycles. The van der Waals surface area contributed by atoms with E-state index in [1.165, 1.54) is 57.8 Å². The van der Waals surface area contributed by atoms with E-state index in [4.69, 9.17) is 5.73 Å². The van der Waals surface area contributed by atoms with Crippen LogP contribution in [0.3, 0.4) is 0 Å². The van der Waals surface area contributed by atoms with Crippen LogP contribution in [0, 0.1) is 11.3 Å². The van der Waals surface area contributed by atoms with Crippen LogP contribution >= 0.6 is 0 Å².